The van der Waals surface area contributed by atoms with E-state index in [1.807, 2.05) is 6.92 Å². The number of carbonyl (C=O) groups excluding carboxylic acids is 1. The van der Waals surface area contributed by atoms with Crippen LogP contribution in [-0.2, 0) is 6.42 Å². The second-order valence-electron chi connectivity index (χ2n) is 4.93. The van der Waals surface area contributed by atoms with Crippen LogP contribution in [0.2, 0.25) is 0 Å². The molecule has 1 heterocycles. The molecule has 2 rings (SSSR count). The molecule has 1 saturated carbocycles. The molecule has 4 heteroatoms. The van der Waals surface area contributed by atoms with Gasteiger partial charge in [-0.1, -0.05) is 29.3 Å². The van der Waals surface area contributed by atoms with Crippen LogP contribution in [0.15, 0.2) is 16.7 Å². The molecule has 1 aromatic rings. The molecule has 1 aromatic heterocycles. The second-order valence-corrected chi connectivity index (χ2v) is 5.57. The third-order valence-corrected chi connectivity index (χ3v) is 4.68. The van der Waals surface area contributed by atoms with Crippen molar-refractivity contribution in [1.82, 2.24) is 5.32 Å². The van der Waals surface area contributed by atoms with Crippen molar-refractivity contribution in [2.45, 2.75) is 32.6 Å². The third kappa shape index (κ3) is 2.97. The maximum absolute atomic E-state index is 12.1. The zero-order valence-electron chi connectivity index (χ0n) is 10.7. The molecule has 1 aliphatic rings. The first-order valence-electron chi connectivity index (χ1n) is 6.66. The summed E-state index contributed by atoms with van der Waals surface area (Å²) < 4.78 is 5.28. The number of nitrogens with one attached hydrogen (secondary N) is 1. The average molecular weight is 314 g/mol. The van der Waals surface area contributed by atoms with Gasteiger partial charge in [-0.05, 0) is 30.7 Å². The number of amides is 1. The quantitative estimate of drug-likeness (QED) is 0.847. The van der Waals surface area contributed by atoms with Crippen LogP contribution in [0.1, 0.15) is 42.3 Å². The molecule has 1 N–H and O–H groups in total. The predicted molar refractivity (Wildman–Crippen MR) is 75.0 cm³/mol. The zero-order chi connectivity index (χ0) is 13.0. The van der Waals surface area contributed by atoms with Crippen molar-refractivity contribution < 1.29 is 9.21 Å². The molecule has 18 heavy (non-hydrogen) atoms. The minimum atomic E-state index is 0.000762. The van der Waals surface area contributed by atoms with Crippen molar-refractivity contribution >= 4 is 21.8 Å². The summed E-state index contributed by atoms with van der Waals surface area (Å²) in [5, 5.41) is 4.09. The predicted octanol–water partition coefficient (Wildman–Crippen LogP) is 3.38. The molecule has 3 nitrogen and oxygen atoms in total. The number of hydrogen-bond acceptors (Lipinski definition) is 2. The summed E-state index contributed by atoms with van der Waals surface area (Å²) in [6, 6.07) is 1.75. The average Bonchev–Trinajstić information content (AvgIpc) is 3.03. The van der Waals surface area contributed by atoms with E-state index in [0.29, 0.717) is 17.4 Å². The Labute approximate surface area is 116 Å². The van der Waals surface area contributed by atoms with Gasteiger partial charge >= 0.3 is 0 Å². The number of halogens is 1. The Morgan fingerprint density at radius 3 is 3.00 bits per heavy atom. The molecule has 100 valence electrons. The summed E-state index contributed by atoms with van der Waals surface area (Å²) >= 11 is 3.56. The number of hydrogen-bond donors (Lipinski definition) is 1. The van der Waals surface area contributed by atoms with Crippen LogP contribution in [0.3, 0.4) is 0 Å². The smallest absolute Gasteiger partial charge is 0.254 e. The van der Waals surface area contributed by atoms with E-state index < -0.39 is 0 Å². The van der Waals surface area contributed by atoms with E-state index >= 15 is 0 Å². The number of alkyl halides is 1. The largest absolute Gasteiger partial charge is 0.469 e. The standard InChI is InChI=1S/C14H20BrNO2/c1-2-13-12(6-7-18-13)14(17)16-9-11-5-3-4-10(11)8-15/h6-7,10-11H,2-5,8-9H2,1H3,(H,16,17). The summed E-state index contributed by atoms with van der Waals surface area (Å²) in [7, 11) is 0. The van der Waals surface area contributed by atoms with E-state index in [2.05, 4.69) is 21.2 Å². The van der Waals surface area contributed by atoms with Gasteiger partial charge in [-0.3, -0.25) is 4.79 Å². The fraction of sp³-hybridized carbons (Fsp3) is 0.643. The first-order chi connectivity index (χ1) is 8.76. The first-order valence-corrected chi connectivity index (χ1v) is 7.79. The van der Waals surface area contributed by atoms with Gasteiger partial charge in [-0.15, -0.1) is 0 Å². The summed E-state index contributed by atoms with van der Waals surface area (Å²) in [4.78, 5) is 12.1. The highest BCUT2D eigenvalue weighted by molar-refractivity contribution is 9.09. The summed E-state index contributed by atoms with van der Waals surface area (Å²) in [6.07, 6.45) is 6.12. The van der Waals surface area contributed by atoms with Gasteiger partial charge in [0.15, 0.2) is 0 Å². The molecule has 0 bridgehead atoms. The van der Waals surface area contributed by atoms with Gasteiger partial charge in [-0.25, -0.2) is 0 Å². The minimum absolute atomic E-state index is 0.000762. The Bertz CT molecular complexity index is 402. The lowest BCUT2D eigenvalue weighted by Gasteiger charge is -2.17. The number of carbonyl (C=O) groups is 1. The Kier molecular flexibility index (Phi) is 4.87. The van der Waals surface area contributed by atoms with Crippen molar-refractivity contribution in [2.24, 2.45) is 11.8 Å². The Hall–Kier alpha value is -0.770. The van der Waals surface area contributed by atoms with Crippen LogP contribution < -0.4 is 5.32 Å². The molecule has 0 saturated heterocycles. The summed E-state index contributed by atoms with van der Waals surface area (Å²) in [5.74, 6) is 2.10. The fourth-order valence-electron chi connectivity index (χ4n) is 2.72. The molecule has 0 spiro atoms. The fourth-order valence-corrected chi connectivity index (χ4v) is 3.57. The zero-order valence-corrected chi connectivity index (χ0v) is 12.3. The maximum atomic E-state index is 12.1. The van der Waals surface area contributed by atoms with Gasteiger partial charge in [0.2, 0.25) is 0 Å². The highest BCUT2D eigenvalue weighted by Gasteiger charge is 2.26. The molecule has 1 aliphatic carbocycles. The third-order valence-electron chi connectivity index (χ3n) is 3.85. The highest BCUT2D eigenvalue weighted by Crippen LogP contribution is 2.32. The molecule has 2 atom stereocenters. The Balaban J connectivity index is 1.88. The van der Waals surface area contributed by atoms with E-state index in [1.165, 1.54) is 19.3 Å². The van der Waals surface area contributed by atoms with E-state index in [-0.39, 0.29) is 5.91 Å². The van der Waals surface area contributed by atoms with Gasteiger partial charge in [0.05, 0.1) is 11.8 Å². The Morgan fingerprint density at radius 2 is 2.28 bits per heavy atom. The highest BCUT2D eigenvalue weighted by atomic mass is 79.9. The van der Waals surface area contributed by atoms with Gasteiger partial charge in [0.25, 0.3) is 5.91 Å². The van der Waals surface area contributed by atoms with Gasteiger partial charge < -0.3 is 9.73 Å². The summed E-state index contributed by atoms with van der Waals surface area (Å²) in [6.45, 7) is 2.77. The topological polar surface area (TPSA) is 42.2 Å². The van der Waals surface area contributed by atoms with Gasteiger partial charge in [-0.2, -0.15) is 0 Å². The van der Waals surface area contributed by atoms with E-state index in [9.17, 15) is 4.79 Å². The molecular weight excluding hydrogens is 294 g/mol. The summed E-state index contributed by atoms with van der Waals surface area (Å²) in [5.41, 5.74) is 0.686. The van der Waals surface area contributed by atoms with Crippen LogP contribution in [0.4, 0.5) is 0 Å². The second kappa shape index (κ2) is 6.41. The van der Waals surface area contributed by atoms with Crippen LogP contribution >= 0.6 is 15.9 Å². The van der Waals surface area contributed by atoms with E-state index in [4.69, 9.17) is 4.42 Å². The van der Waals surface area contributed by atoms with Gasteiger partial charge in [0.1, 0.15) is 5.76 Å². The molecule has 1 fully saturated rings. The van der Waals surface area contributed by atoms with Crippen molar-refractivity contribution in [3.63, 3.8) is 0 Å². The first kappa shape index (κ1) is 13.7. The molecule has 2 unspecified atom stereocenters. The van der Waals surface area contributed by atoms with Crippen molar-refractivity contribution in [1.29, 1.82) is 0 Å². The number of furan rings is 1. The maximum Gasteiger partial charge on any atom is 0.254 e. The van der Waals surface area contributed by atoms with Crippen LogP contribution in [-0.4, -0.2) is 17.8 Å². The Morgan fingerprint density at radius 1 is 1.50 bits per heavy atom. The number of aryl methyl sites for hydroxylation is 1. The SMILES string of the molecule is CCc1occc1C(=O)NCC1CCCC1CBr. The van der Waals surface area contributed by atoms with Crippen LogP contribution in [0, 0.1) is 11.8 Å². The van der Waals surface area contributed by atoms with Crippen molar-refractivity contribution in [3.8, 4) is 0 Å². The molecular formula is C14H20BrNO2. The van der Waals surface area contributed by atoms with E-state index in [0.717, 1.165) is 24.1 Å². The lowest BCUT2D eigenvalue weighted by Crippen LogP contribution is -2.31. The normalized spacial score (nSPS) is 23.2. The molecule has 0 aliphatic heterocycles. The molecule has 0 aromatic carbocycles. The van der Waals surface area contributed by atoms with E-state index in [1.54, 1.807) is 12.3 Å². The number of rotatable bonds is 5. The lowest BCUT2D eigenvalue weighted by molar-refractivity contribution is 0.0943. The molecule has 1 amide bonds. The van der Waals surface area contributed by atoms with Crippen molar-refractivity contribution in [3.05, 3.63) is 23.7 Å². The minimum Gasteiger partial charge on any atom is -0.469 e. The van der Waals surface area contributed by atoms with Crippen molar-refractivity contribution in [2.75, 3.05) is 11.9 Å². The van der Waals surface area contributed by atoms with Gasteiger partial charge in [0, 0.05) is 18.3 Å². The van der Waals surface area contributed by atoms with Crippen LogP contribution in [0.5, 0.6) is 0 Å². The molecule has 0 radical (unpaired) electrons. The monoisotopic (exact) mass is 313 g/mol. The van der Waals surface area contributed by atoms with Crippen LogP contribution in [0.25, 0.3) is 0 Å². The lowest BCUT2D eigenvalue weighted by atomic mass is 9.98.